The molecule has 3 nitrogen and oxygen atoms in total. The highest BCUT2D eigenvalue weighted by Crippen LogP contribution is 1.66. The molecule has 0 unspecified atom stereocenters. The zero-order valence-corrected chi connectivity index (χ0v) is 4.72. The van der Waals surface area contributed by atoms with Gasteiger partial charge in [0.25, 0.3) is 0 Å². The molecule has 1 rings (SSSR count). The molecule has 4 heteroatoms. The Morgan fingerprint density at radius 3 is 1.86 bits per heavy atom. The van der Waals surface area contributed by atoms with Crippen LogP contribution in [0.15, 0.2) is 12.7 Å². The van der Waals surface area contributed by atoms with Crippen molar-refractivity contribution in [2.75, 3.05) is 0 Å². The van der Waals surface area contributed by atoms with E-state index in [-0.39, 0.29) is 12.4 Å². The molecule has 7 heavy (non-hydrogen) atoms. The summed E-state index contributed by atoms with van der Waals surface area (Å²) in [5.74, 6) is 0. The molecule has 1 heterocycles. The van der Waals surface area contributed by atoms with Crippen LogP contribution < -0.4 is 0 Å². The molecule has 1 aromatic heterocycles. The molecule has 1 aromatic rings. The molecular weight excluding hydrogens is 114 g/mol. The molecule has 0 N–H and O–H groups in total. The van der Waals surface area contributed by atoms with Gasteiger partial charge in [-0.1, -0.05) is 0 Å². The Labute approximate surface area is 47.8 Å². The van der Waals surface area contributed by atoms with E-state index < -0.39 is 0 Å². The lowest BCUT2D eigenvalue weighted by Gasteiger charge is -1.74. The van der Waals surface area contributed by atoms with Gasteiger partial charge in [-0.15, -0.1) is 22.6 Å². The molecule has 0 saturated heterocycles. The van der Waals surface area contributed by atoms with Crippen LogP contribution in [-0.2, 0) is 7.05 Å². The monoisotopic (exact) mass is 119 g/mol. The van der Waals surface area contributed by atoms with Crippen molar-refractivity contribution in [2.24, 2.45) is 7.05 Å². The summed E-state index contributed by atoms with van der Waals surface area (Å²) in [5.41, 5.74) is 0. The molecule has 0 atom stereocenters. The molecule has 0 aliphatic heterocycles. The Bertz CT molecular complexity index is 114. The van der Waals surface area contributed by atoms with Gasteiger partial charge in [-0.05, 0) is 0 Å². The van der Waals surface area contributed by atoms with Crippen molar-refractivity contribution in [3.8, 4) is 0 Å². The van der Waals surface area contributed by atoms with Crippen LogP contribution in [0.25, 0.3) is 0 Å². The molecule has 0 amide bonds. The van der Waals surface area contributed by atoms with E-state index in [1.807, 2.05) is 7.05 Å². The summed E-state index contributed by atoms with van der Waals surface area (Å²) in [6, 6.07) is 0. The first-order valence-electron chi connectivity index (χ1n) is 1.68. The maximum Gasteiger partial charge on any atom is 0.119 e. The van der Waals surface area contributed by atoms with Crippen LogP contribution in [-0.4, -0.2) is 14.8 Å². The summed E-state index contributed by atoms with van der Waals surface area (Å²) in [4.78, 5) is 0. The van der Waals surface area contributed by atoms with Crippen LogP contribution in [0.5, 0.6) is 0 Å². The van der Waals surface area contributed by atoms with Crippen LogP contribution >= 0.6 is 12.4 Å². The third-order valence-electron chi connectivity index (χ3n) is 0.534. The molecule has 0 radical (unpaired) electrons. The predicted octanol–water partition coefficient (Wildman–Crippen LogP) is 0.237. The molecule has 40 valence electrons. The molecule has 0 fully saturated rings. The summed E-state index contributed by atoms with van der Waals surface area (Å²) in [5, 5.41) is 7.07. The van der Waals surface area contributed by atoms with Gasteiger partial charge >= 0.3 is 0 Å². The van der Waals surface area contributed by atoms with E-state index in [0.29, 0.717) is 0 Å². The summed E-state index contributed by atoms with van der Waals surface area (Å²) < 4.78 is 1.78. The van der Waals surface area contributed by atoms with Crippen LogP contribution in [0.1, 0.15) is 0 Å². The Hall–Kier alpha value is -0.570. The lowest BCUT2D eigenvalue weighted by Crippen LogP contribution is -1.76. The largest absolute Gasteiger partial charge is 0.323 e. The number of aryl methyl sites for hydroxylation is 1. The van der Waals surface area contributed by atoms with Crippen molar-refractivity contribution in [1.82, 2.24) is 14.8 Å². The third-order valence-corrected chi connectivity index (χ3v) is 0.534. The predicted molar refractivity (Wildman–Crippen MR) is 28.3 cm³/mol. The van der Waals surface area contributed by atoms with Crippen LogP contribution in [0.2, 0.25) is 0 Å². The van der Waals surface area contributed by atoms with Crippen molar-refractivity contribution in [3.63, 3.8) is 0 Å². The smallest absolute Gasteiger partial charge is 0.119 e. The topological polar surface area (TPSA) is 30.7 Å². The molecule has 0 saturated carbocycles. The van der Waals surface area contributed by atoms with E-state index in [1.54, 1.807) is 17.2 Å². The zero-order valence-electron chi connectivity index (χ0n) is 3.90. The first-order chi connectivity index (χ1) is 2.89. The van der Waals surface area contributed by atoms with Crippen molar-refractivity contribution in [1.29, 1.82) is 0 Å². The summed E-state index contributed by atoms with van der Waals surface area (Å²) in [6.07, 6.45) is 3.28. The van der Waals surface area contributed by atoms with Gasteiger partial charge in [0.15, 0.2) is 0 Å². The van der Waals surface area contributed by atoms with Crippen LogP contribution in [0.4, 0.5) is 0 Å². The van der Waals surface area contributed by atoms with E-state index in [4.69, 9.17) is 0 Å². The second-order valence-electron chi connectivity index (χ2n) is 1.13. The van der Waals surface area contributed by atoms with E-state index in [9.17, 15) is 0 Å². The van der Waals surface area contributed by atoms with Crippen LogP contribution in [0.3, 0.4) is 0 Å². The molecule has 0 aromatic carbocycles. The highest BCUT2D eigenvalue weighted by Gasteiger charge is 1.70. The van der Waals surface area contributed by atoms with Crippen molar-refractivity contribution in [2.45, 2.75) is 0 Å². The van der Waals surface area contributed by atoms with E-state index in [1.165, 1.54) is 0 Å². The summed E-state index contributed by atoms with van der Waals surface area (Å²) >= 11 is 0. The van der Waals surface area contributed by atoms with Gasteiger partial charge in [-0.2, -0.15) is 0 Å². The number of halogens is 1. The normalized spacial score (nSPS) is 7.57. The number of nitrogens with zero attached hydrogens (tertiary/aromatic N) is 3. The van der Waals surface area contributed by atoms with Gasteiger partial charge in [-0.25, -0.2) is 0 Å². The zero-order chi connectivity index (χ0) is 4.41. The van der Waals surface area contributed by atoms with Gasteiger partial charge in [-0.3, -0.25) is 0 Å². The van der Waals surface area contributed by atoms with E-state index in [0.717, 1.165) is 0 Å². The highest BCUT2D eigenvalue weighted by atomic mass is 35.5. The molecule has 0 aliphatic carbocycles. The van der Waals surface area contributed by atoms with Gasteiger partial charge in [0.05, 0.1) is 0 Å². The highest BCUT2D eigenvalue weighted by molar-refractivity contribution is 5.85. The number of hydrogen-bond acceptors (Lipinski definition) is 2. The Balaban J connectivity index is 0.000000360. The minimum atomic E-state index is 0. The molecule has 0 aliphatic rings. The fourth-order valence-electron chi connectivity index (χ4n) is 0.252. The molecular formula is C3H6ClN3. The standard InChI is InChI=1S/C3H5N3.ClH/c1-6-2-4-5-3-6;/h2-3H,1H3;1H. The van der Waals surface area contributed by atoms with Crippen molar-refractivity contribution >= 4 is 12.4 Å². The Morgan fingerprint density at radius 2 is 1.71 bits per heavy atom. The van der Waals surface area contributed by atoms with Crippen LogP contribution in [0, 0.1) is 0 Å². The van der Waals surface area contributed by atoms with Gasteiger partial charge in [0.1, 0.15) is 12.7 Å². The second-order valence-corrected chi connectivity index (χ2v) is 1.13. The molecule has 0 spiro atoms. The van der Waals surface area contributed by atoms with Crippen molar-refractivity contribution in [3.05, 3.63) is 12.7 Å². The quantitative estimate of drug-likeness (QED) is 0.490. The number of rotatable bonds is 0. The second kappa shape index (κ2) is 2.58. The third kappa shape index (κ3) is 1.55. The molecule has 0 bridgehead atoms. The SMILES string of the molecule is Cl.Cn1cnnc1. The maximum atomic E-state index is 3.53. The average molecular weight is 120 g/mol. The Morgan fingerprint density at radius 1 is 1.29 bits per heavy atom. The minimum Gasteiger partial charge on any atom is -0.323 e. The average Bonchev–Trinajstić information content (AvgIpc) is 1.86. The first-order valence-corrected chi connectivity index (χ1v) is 1.68. The van der Waals surface area contributed by atoms with E-state index in [2.05, 4.69) is 10.2 Å². The number of aromatic nitrogens is 3. The fourth-order valence-corrected chi connectivity index (χ4v) is 0.252. The minimum absolute atomic E-state index is 0. The number of hydrogen-bond donors (Lipinski definition) is 0. The van der Waals surface area contributed by atoms with Gasteiger partial charge < -0.3 is 4.57 Å². The first kappa shape index (κ1) is 6.43. The lowest BCUT2D eigenvalue weighted by molar-refractivity contribution is 0.910. The van der Waals surface area contributed by atoms with Gasteiger partial charge in [0, 0.05) is 7.05 Å². The summed E-state index contributed by atoms with van der Waals surface area (Å²) in [6.45, 7) is 0. The maximum absolute atomic E-state index is 3.53. The Kier molecular flexibility index (Phi) is 2.37. The lowest BCUT2D eigenvalue weighted by atomic mass is 11.1. The fraction of sp³-hybridized carbons (Fsp3) is 0.333. The van der Waals surface area contributed by atoms with Crippen molar-refractivity contribution < 1.29 is 0 Å². The van der Waals surface area contributed by atoms with Gasteiger partial charge in [0.2, 0.25) is 0 Å². The summed E-state index contributed by atoms with van der Waals surface area (Å²) in [7, 11) is 1.88. The van der Waals surface area contributed by atoms with E-state index >= 15 is 0 Å².